The van der Waals surface area contributed by atoms with Crippen LogP contribution >= 0.6 is 34.4 Å². The zero-order chi connectivity index (χ0) is 16.8. The van der Waals surface area contributed by atoms with Crippen molar-refractivity contribution in [2.75, 3.05) is 5.32 Å². The number of carbonyl (C=O) groups excluding carboxylic acids is 1. The lowest BCUT2D eigenvalue weighted by molar-refractivity contribution is 0.102. The fraction of sp³-hybridized carbons (Fsp3) is 0.0500. The Hall–Kier alpha value is -1.79. The molecule has 0 saturated heterocycles. The van der Waals surface area contributed by atoms with Crippen LogP contribution in [0.5, 0.6) is 0 Å². The van der Waals surface area contributed by atoms with Gasteiger partial charge in [-0.2, -0.15) is 0 Å². The molecule has 3 rings (SSSR count). The lowest BCUT2D eigenvalue weighted by Crippen LogP contribution is -2.11. The third-order valence-corrected chi connectivity index (χ3v) is 5.20. The summed E-state index contributed by atoms with van der Waals surface area (Å²) in [6.45, 7) is 0. The van der Waals surface area contributed by atoms with Crippen molar-refractivity contribution in [1.82, 2.24) is 0 Å². The molecule has 0 spiro atoms. The maximum Gasteiger partial charge on any atom is 0.255 e. The molecule has 120 valence electrons. The molecule has 3 aromatic carbocycles. The molecule has 2 nitrogen and oxygen atoms in total. The summed E-state index contributed by atoms with van der Waals surface area (Å²) < 4.78 is 1.05. The van der Waals surface area contributed by atoms with Crippen molar-refractivity contribution in [3.05, 3.63) is 93.6 Å². The van der Waals surface area contributed by atoms with Crippen LogP contribution in [0.25, 0.3) is 0 Å². The van der Waals surface area contributed by atoms with E-state index in [4.69, 9.17) is 0 Å². The zero-order valence-electron chi connectivity index (χ0n) is 12.9. The molecule has 1 amide bonds. The highest BCUT2D eigenvalue weighted by atomic mass is 127. The van der Waals surface area contributed by atoms with E-state index in [1.165, 1.54) is 10.5 Å². The summed E-state index contributed by atoms with van der Waals surface area (Å²) in [6, 6.07) is 25.9. The molecule has 24 heavy (non-hydrogen) atoms. The van der Waals surface area contributed by atoms with E-state index in [0.29, 0.717) is 5.56 Å². The molecule has 0 fully saturated rings. The molecule has 0 aromatic heterocycles. The minimum absolute atomic E-state index is 0.0834. The number of amides is 1. The molecule has 0 aliphatic rings. The number of nitrogens with one attached hydrogen (secondary N) is 1. The third kappa shape index (κ3) is 4.85. The summed E-state index contributed by atoms with van der Waals surface area (Å²) in [6.07, 6.45) is 0. The topological polar surface area (TPSA) is 29.1 Å². The minimum atomic E-state index is -0.0834. The predicted octanol–water partition coefficient (Wildman–Crippen LogP) is 5.84. The maximum atomic E-state index is 12.2. The molecule has 0 aliphatic carbocycles. The average Bonchev–Trinajstić information content (AvgIpc) is 2.62. The van der Waals surface area contributed by atoms with Crippen molar-refractivity contribution in [1.29, 1.82) is 0 Å². The van der Waals surface area contributed by atoms with Crippen LogP contribution < -0.4 is 5.32 Å². The summed E-state index contributed by atoms with van der Waals surface area (Å²) in [7, 11) is 0. The van der Waals surface area contributed by atoms with Crippen LogP contribution in [0.15, 0.2) is 83.8 Å². The van der Waals surface area contributed by atoms with Crippen LogP contribution in [-0.2, 0) is 5.75 Å². The Balaban J connectivity index is 1.59. The number of rotatable bonds is 5. The second-order valence-corrected chi connectivity index (χ2v) is 7.56. The number of hydrogen-bond donors (Lipinski definition) is 1. The van der Waals surface area contributed by atoms with Crippen LogP contribution in [-0.4, -0.2) is 5.91 Å². The molecule has 0 heterocycles. The fourth-order valence-electron chi connectivity index (χ4n) is 2.20. The Labute approximate surface area is 159 Å². The SMILES string of the molecule is O=C(Nc1ccc(CSc2ccccc2)cc1)c1cccc(I)c1. The quantitative estimate of drug-likeness (QED) is 0.395. The Morgan fingerprint density at radius 3 is 2.38 bits per heavy atom. The second kappa shape index (κ2) is 8.35. The van der Waals surface area contributed by atoms with Gasteiger partial charge < -0.3 is 5.32 Å². The van der Waals surface area contributed by atoms with E-state index in [-0.39, 0.29) is 5.91 Å². The van der Waals surface area contributed by atoms with Crippen molar-refractivity contribution in [2.45, 2.75) is 10.6 Å². The largest absolute Gasteiger partial charge is 0.322 e. The van der Waals surface area contributed by atoms with Gasteiger partial charge in [-0.3, -0.25) is 4.79 Å². The van der Waals surface area contributed by atoms with Crippen molar-refractivity contribution >= 4 is 45.9 Å². The molecular weight excluding hydrogens is 429 g/mol. The van der Waals surface area contributed by atoms with Gasteiger partial charge in [-0.25, -0.2) is 0 Å². The first-order valence-corrected chi connectivity index (χ1v) is 9.61. The van der Waals surface area contributed by atoms with Gasteiger partial charge >= 0.3 is 0 Å². The lowest BCUT2D eigenvalue weighted by Gasteiger charge is -2.07. The normalized spacial score (nSPS) is 10.4. The third-order valence-electron chi connectivity index (χ3n) is 3.45. The number of anilines is 1. The highest BCUT2D eigenvalue weighted by Crippen LogP contribution is 2.23. The lowest BCUT2D eigenvalue weighted by atomic mass is 10.2. The molecule has 3 aromatic rings. The molecule has 0 radical (unpaired) electrons. The first-order chi connectivity index (χ1) is 11.7. The minimum Gasteiger partial charge on any atom is -0.322 e. The fourth-order valence-corrected chi connectivity index (χ4v) is 3.62. The predicted molar refractivity (Wildman–Crippen MR) is 110 cm³/mol. The Morgan fingerprint density at radius 2 is 1.67 bits per heavy atom. The summed E-state index contributed by atoms with van der Waals surface area (Å²) in [5.74, 6) is 0.828. The van der Waals surface area contributed by atoms with Crippen LogP contribution in [0.1, 0.15) is 15.9 Å². The number of halogens is 1. The summed E-state index contributed by atoms with van der Waals surface area (Å²) >= 11 is 4.01. The van der Waals surface area contributed by atoms with Crippen molar-refractivity contribution in [2.24, 2.45) is 0 Å². The average molecular weight is 445 g/mol. The number of carbonyl (C=O) groups is 1. The summed E-state index contributed by atoms with van der Waals surface area (Å²) in [4.78, 5) is 13.5. The maximum absolute atomic E-state index is 12.2. The highest BCUT2D eigenvalue weighted by molar-refractivity contribution is 14.1. The molecule has 4 heteroatoms. The van der Waals surface area contributed by atoms with Gasteiger partial charge in [0.15, 0.2) is 0 Å². The first kappa shape index (κ1) is 17.0. The number of thioether (sulfide) groups is 1. The molecule has 0 unspecified atom stereocenters. The van der Waals surface area contributed by atoms with Crippen molar-refractivity contribution in [3.63, 3.8) is 0 Å². The van der Waals surface area contributed by atoms with Gasteiger partial charge in [-0.15, -0.1) is 11.8 Å². The molecule has 0 aliphatic heterocycles. The van der Waals surface area contributed by atoms with Gasteiger partial charge in [0.2, 0.25) is 0 Å². The smallest absolute Gasteiger partial charge is 0.255 e. The summed E-state index contributed by atoms with van der Waals surface area (Å²) in [5, 5.41) is 2.94. The molecule has 0 saturated carbocycles. The van der Waals surface area contributed by atoms with E-state index >= 15 is 0 Å². The molecule has 1 N–H and O–H groups in total. The monoisotopic (exact) mass is 445 g/mol. The standard InChI is InChI=1S/C20H16INOS/c21-17-6-4-5-16(13-17)20(23)22-18-11-9-15(10-12-18)14-24-19-7-2-1-3-8-19/h1-13H,14H2,(H,22,23). The highest BCUT2D eigenvalue weighted by Gasteiger charge is 2.06. The van der Waals surface area contributed by atoms with E-state index in [1.54, 1.807) is 11.8 Å². The number of hydrogen-bond acceptors (Lipinski definition) is 2. The van der Waals surface area contributed by atoms with E-state index in [0.717, 1.165) is 15.0 Å². The van der Waals surface area contributed by atoms with E-state index in [9.17, 15) is 4.79 Å². The van der Waals surface area contributed by atoms with Gasteiger partial charge in [0.25, 0.3) is 5.91 Å². The van der Waals surface area contributed by atoms with Crippen LogP contribution in [0.2, 0.25) is 0 Å². The molecule has 0 bridgehead atoms. The Bertz CT molecular complexity index is 819. The zero-order valence-corrected chi connectivity index (χ0v) is 15.9. The first-order valence-electron chi connectivity index (χ1n) is 7.54. The number of benzene rings is 3. The van der Waals surface area contributed by atoms with Gasteiger partial charge in [0, 0.05) is 25.5 Å². The second-order valence-electron chi connectivity index (χ2n) is 5.26. The van der Waals surface area contributed by atoms with Crippen LogP contribution in [0, 0.1) is 3.57 Å². The van der Waals surface area contributed by atoms with Gasteiger partial charge in [0.1, 0.15) is 0 Å². The van der Waals surface area contributed by atoms with Gasteiger partial charge in [-0.1, -0.05) is 36.4 Å². The molecule has 0 atom stereocenters. The van der Waals surface area contributed by atoms with Crippen LogP contribution in [0.4, 0.5) is 5.69 Å². The van der Waals surface area contributed by atoms with Crippen LogP contribution in [0.3, 0.4) is 0 Å². The van der Waals surface area contributed by atoms with E-state index < -0.39 is 0 Å². The molecular formula is C20H16INOS. The summed E-state index contributed by atoms with van der Waals surface area (Å²) in [5.41, 5.74) is 2.72. The van der Waals surface area contributed by atoms with Gasteiger partial charge in [-0.05, 0) is 70.6 Å². The Kier molecular flexibility index (Phi) is 5.93. The van der Waals surface area contributed by atoms with E-state index in [2.05, 4.69) is 52.2 Å². The van der Waals surface area contributed by atoms with Gasteiger partial charge in [0.05, 0.1) is 0 Å². The van der Waals surface area contributed by atoms with Crippen molar-refractivity contribution < 1.29 is 4.79 Å². The van der Waals surface area contributed by atoms with Crippen molar-refractivity contribution in [3.8, 4) is 0 Å². The Morgan fingerprint density at radius 1 is 0.917 bits per heavy atom. The van der Waals surface area contributed by atoms with E-state index in [1.807, 2.05) is 54.6 Å².